The van der Waals surface area contributed by atoms with E-state index in [4.69, 9.17) is 31.6 Å². The second kappa shape index (κ2) is 11.8. The van der Waals surface area contributed by atoms with Crippen molar-refractivity contribution in [3.8, 4) is 18.1 Å². The molecule has 1 aromatic carbocycles. The summed E-state index contributed by atoms with van der Waals surface area (Å²) in [6.07, 6.45) is 2.48. The Bertz CT molecular complexity index is 786. The minimum Gasteiger partial charge on any atom is -0.479 e. The number of benzene rings is 1. The molecule has 30 heavy (non-hydrogen) atoms. The highest BCUT2D eigenvalue weighted by atomic mass is 16.6. The molecule has 1 aliphatic carbocycles. The van der Waals surface area contributed by atoms with Crippen molar-refractivity contribution in [3.05, 3.63) is 29.3 Å². The Balaban J connectivity index is 0.000000382. The first kappa shape index (κ1) is 24.9. The van der Waals surface area contributed by atoms with Gasteiger partial charge in [0, 0.05) is 19.6 Å². The molecule has 0 fully saturated rings. The van der Waals surface area contributed by atoms with Gasteiger partial charge in [0.1, 0.15) is 5.75 Å². The zero-order valence-electron chi connectivity index (χ0n) is 16.7. The number of fused-ring (bicyclic) bond motifs is 1. The molecule has 1 amide bonds. The van der Waals surface area contributed by atoms with Crippen LogP contribution in [0, 0.1) is 12.3 Å². The molecule has 0 heterocycles. The lowest BCUT2D eigenvalue weighted by Gasteiger charge is -2.16. The number of aliphatic hydroxyl groups excluding tert-OH is 2. The summed E-state index contributed by atoms with van der Waals surface area (Å²) in [5.74, 6) is -0.359. The number of ether oxygens (including phenoxy) is 1. The molecule has 0 saturated carbocycles. The fraction of sp³-hybridized carbons (Fsp3) is 0.450. The summed E-state index contributed by atoms with van der Waals surface area (Å²) < 4.78 is 5.36. The van der Waals surface area contributed by atoms with Gasteiger partial charge in [-0.2, -0.15) is 0 Å². The highest BCUT2D eigenvalue weighted by Gasteiger charge is 2.29. The highest BCUT2D eigenvalue weighted by molar-refractivity contribution is 5.83. The van der Waals surface area contributed by atoms with Crippen LogP contribution in [0.3, 0.4) is 0 Å². The van der Waals surface area contributed by atoms with Crippen LogP contribution in [0.15, 0.2) is 18.2 Å². The van der Waals surface area contributed by atoms with Gasteiger partial charge in [-0.1, -0.05) is 12.0 Å². The van der Waals surface area contributed by atoms with Gasteiger partial charge in [0.05, 0.1) is 6.54 Å². The summed E-state index contributed by atoms with van der Waals surface area (Å²) in [6.45, 7) is 3.08. The highest BCUT2D eigenvalue weighted by Crippen LogP contribution is 2.33. The fourth-order valence-corrected chi connectivity index (χ4v) is 2.62. The van der Waals surface area contributed by atoms with Gasteiger partial charge < -0.3 is 30.1 Å². The van der Waals surface area contributed by atoms with E-state index in [-0.39, 0.29) is 12.1 Å². The first-order chi connectivity index (χ1) is 14.1. The molecule has 1 aromatic rings. The largest absolute Gasteiger partial charge is 0.479 e. The van der Waals surface area contributed by atoms with Crippen molar-refractivity contribution in [3.63, 3.8) is 0 Å². The van der Waals surface area contributed by atoms with Gasteiger partial charge in [0.25, 0.3) is 0 Å². The van der Waals surface area contributed by atoms with Crippen molar-refractivity contribution in [2.24, 2.45) is 0 Å². The Morgan fingerprint density at radius 1 is 1.27 bits per heavy atom. The van der Waals surface area contributed by atoms with Crippen molar-refractivity contribution < 1.29 is 39.5 Å². The molecule has 0 spiro atoms. The van der Waals surface area contributed by atoms with Crippen molar-refractivity contribution in [2.75, 3.05) is 20.1 Å². The van der Waals surface area contributed by atoms with E-state index in [1.807, 2.05) is 25.1 Å². The second-order valence-corrected chi connectivity index (χ2v) is 6.49. The number of carboxylic acids is 2. The Labute approximate surface area is 174 Å². The third-order valence-corrected chi connectivity index (χ3v) is 4.44. The van der Waals surface area contributed by atoms with E-state index in [1.54, 1.807) is 7.05 Å². The predicted octanol–water partition coefficient (Wildman–Crippen LogP) is 0.225. The second-order valence-electron chi connectivity index (χ2n) is 6.49. The molecule has 0 aliphatic heterocycles. The first-order valence-electron chi connectivity index (χ1n) is 9.16. The molecule has 164 valence electrons. The number of aliphatic carboxylic acids is 2. The number of nitrogens with zero attached hydrogens (tertiary/aromatic N) is 1. The van der Waals surface area contributed by atoms with E-state index >= 15 is 0 Å². The normalized spacial score (nSPS) is 16.2. The maximum Gasteiger partial charge on any atom is 0.414 e. The molecule has 2 unspecified atom stereocenters. The third kappa shape index (κ3) is 7.04. The van der Waals surface area contributed by atoms with E-state index < -0.39 is 24.1 Å². The zero-order chi connectivity index (χ0) is 22.8. The summed E-state index contributed by atoms with van der Waals surface area (Å²) in [6, 6.07) is 6.08. The van der Waals surface area contributed by atoms with Crippen LogP contribution in [0.4, 0.5) is 4.79 Å². The van der Waals surface area contributed by atoms with E-state index in [1.165, 1.54) is 16.0 Å². The summed E-state index contributed by atoms with van der Waals surface area (Å²) in [5, 5.41) is 35.8. The van der Waals surface area contributed by atoms with Crippen LogP contribution >= 0.6 is 0 Å². The van der Waals surface area contributed by atoms with Gasteiger partial charge in [0.2, 0.25) is 0 Å². The van der Waals surface area contributed by atoms with Crippen LogP contribution in [0.25, 0.3) is 0 Å². The van der Waals surface area contributed by atoms with Gasteiger partial charge in [0.15, 0.2) is 12.2 Å². The van der Waals surface area contributed by atoms with E-state index in [0.29, 0.717) is 18.8 Å². The van der Waals surface area contributed by atoms with Crippen LogP contribution in [0.5, 0.6) is 5.75 Å². The first-order valence-corrected chi connectivity index (χ1v) is 9.16. The van der Waals surface area contributed by atoms with E-state index in [2.05, 4.69) is 11.2 Å². The number of carboxylic acid groups (broad SMARTS) is 2. The molecule has 0 bridgehead atoms. The van der Waals surface area contributed by atoms with Gasteiger partial charge in [-0.15, -0.1) is 6.42 Å². The van der Waals surface area contributed by atoms with Gasteiger partial charge in [-0.25, -0.2) is 14.4 Å². The molecule has 10 heteroatoms. The summed E-state index contributed by atoms with van der Waals surface area (Å²) in [7, 11) is 1.72. The average molecular weight is 422 g/mol. The average Bonchev–Trinajstić information content (AvgIpc) is 3.12. The number of nitrogens with one attached hydrogen (secondary N) is 1. The molecule has 2 rings (SSSR count). The number of carbonyl (C=O) groups excluding carboxylic acids is 1. The fourth-order valence-electron chi connectivity index (χ4n) is 2.62. The molecule has 5 N–H and O–H groups in total. The Hall–Kier alpha value is -3.13. The number of aryl methyl sites for hydroxylation is 1. The number of terminal acetylenes is 1. The Morgan fingerprint density at radius 2 is 1.87 bits per heavy atom. The molecular weight excluding hydrogens is 396 g/mol. The summed E-state index contributed by atoms with van der Waals surface area (Å²) >= 11 is 0. The standard InChI is InChI=1S/C16H20N2O2.C4H6O6/c1-4-10-17-15-9-7-12-6-8-13(11-14(12)15)20-16(19)18(3)5-2;5-1(3(7)8)2(6)4(9)10/h1,6,8,11,15,17H,5,7,9-10H2,2-3H3;1-2,5-6H,(H,7,8)(H,9,10)/t15-;/m1./s1. The van der Waals surface area contributed by atoms with Gasteiger partial charge >= 0.3 is 18.0 Å². The van der Waals surface area contributed by atoms with Crippen LogP contribution in [0.2, 0.25) is 0 Å². The smallest absolute Gasteiger partial charge is 0.414 e. The quantitative estimate of drug-likeness (QED) is 0.388. The number of carbonyl (C=O) groups is 3. The predicted molar refractivity (Wildman–Crippen MR) is 106 cm³/mol. The number of hydrogen-bond acceptors (Lipinski definition) is 7. The molecule has 0 saturated heterocycles. The van der Waals surface area contributed by atoms with Gasteiger partial charge in [-0.05, 0) is 43.0 Å². The van der Waals surface area contributed by atoms with Crippen LogP contribution < -0.4 is 10.1 Å². The molecule has 0 aromatic heterocycles. The maximum absolute atomic E-state index is 11.8. The van der Waals surface area contributed by atoms with E-state index in [9.17, 15) is 14.4 Å². The summed E-state index contributed by atoms with van der Waals surface area (Å²) in [5.41, 5.74) is 2.48. The van der Waals surface area contributed by atoms with Crippen LogP contribution in [-0.4, -0.2) is 75.7 Å². The lowest BCUT2D eigenvalue weighted by molar-refractivity contribution is -0.165. The Kier molecular flexibility index (Phi) is 9.77. The lowest BCUT2D eigenvalue weighted by atomic mass is 10.1. The van der Waals surface area contributed by atoms with Crippen LogP contribution in [-0.2, 0) is 16.0 Å². The van der Waals surface area contributed by atoms with Crippen molar-refractivity contribution in [2.45, 2.75) is 38.0 Å². The molecule has 0 radical (unpaired) electrons. The number of hydrogen-bond donors (Lipinski definition) is 5. The molecule has 1 aliphatic rings. The van der Waals surface area contributed by atoms with Crippen molar-refractivity contribution >= 4 is 18.0 Å². The Morgan fingerprint density at radius 3 is 2.37 bits per heavy atom. The van der Waals surface area contributed by atoms with Crippen molar-refractivity contribution in [1.82, 2.24) is 10.2 Å². The minimum absolute atomic E-state index is 0.253. The molecule has 10 nitrogen and oxygen atoms in total. The SMILES string of the molecule is C#CCN[C@@H]1CCc2ccc(OC(=O)N(C)CC)cc21.O=C(O)C(O)C(O)C(=O)O. The van der Waals surface area contributed by atoms with Crippen LogP contribution in [0.1, 0.15) is 30.5 Å². The zero-order valence-corrected chi connectivity index (χ0v) is 16.7. The van der Waals surface area contributed by atoms with Crippen molar-refractivity contribution in [1.29, 1.82) is 0 Å². The number of aliphatic hydroxyl groups is 2. The number of amides is 1. The van der Waals surface area contributed by atoms with Gasteiger partial charge in [-0.3, -0.25) is 5.32 Å². The molecular formula is C20H26N2O8. The third-order valence-electron chi connectivity index (χ3n) is 4.44. The minimum atomic E-state index is -2.27. The maximum atomic E-state index is 11.8. The molecule has 3 atom stereocenters. The lowest BCUT2D eigenvalue weighted by Crippen LogP contribution is -2.39. The topological polar surface area (TPSA) is 157 Å². The van der Waals surface area contributed by atoms with E-state index in [0.717, 1.165) is 12.8 Å². The monoisotopic (exact) mass is 422 g/mol. The summed E-state index contributed by atoms with van der Waals surface area (Å²) in [4.78, 5) is 32.8. The number of rotatable bonds is 7.